The molecule has 0 aromatic rings. The summed E-state index contributed by atoms with van der Waals surface area (Å²) in [5.41, 5.74) is 0. The molecule has 0 radical (unpaired) electrons. The van der Waals surface area contributed by atoms with Crippen LogP contribution in [0.4, 0.5) is 0 Å². The van der Waals surface area contributed by atoms with Gasteiger partial charge in [0.05, 0.1) is 66.1 Å². The predicted molar refractivity (Wildman–Crippen MR) is 102 cm³/mol. The van der Waals surface area contributed by atoms with Crippen LogP contribution in [0.1, 0.15) is 0 Å². The molecule has 0 spiro atoms. The van der Waals surface area contributed by atoms with Crippen molar-refractivity contribution < 1.29 is 45.8 Å². The average molecular weight is 433 g/mol. The van der Waals surface area contributed by atoms with Crippen LogP contribution in [-0.2, 0) is 45.8 Å². The molecule has 0 aromatic carbocycles. The minimum Gasteiger partial charge on any atom is -0.391 e. The summed E-state index contributed by atoms with van der Waals surface area (Å²) in [5.74, 6) is 0. The van der Waals surface area contributed by atoms with Crippen LogP contribution in [0, 0.1) is 0 Å². The van der Waals surface area contributed by atoms with Gasteiger partial charge in [0.25, 0.3) is 0 Å². The lowest BCUT2D eigenvalue weighted by atomic mass is 10.8. The maximum Gasteiger partial charge on any atom is 0.535 e. The molecule has 0 saturated carbocycles. The molecule has 0 N–H and O–H groups in total. The van der Waals surface area contributed by atoms with Gasteiger partial charge in [0.1, 0.15) is 0 Å². The first-order valence-electron chi connectivity index (χ1n) is 8.80. The Morgan fingerprint density at radius 2 is 0.741 bits per heavy atom. The first kappa shape index (κ1) is 27.0. The molecule has 0 atom stereocenters. The molecule has 164 valence electrons. The van der Waals surface area contributed by atoms with Gasteiger partial charge in [-0.25, -0.2) is 0 Å². The molecule has 0 aliphatic carbocycles. The Kier molecular flexibility index (Phi) is 19.4. The summed E-state index contributed by atoms with van der Waals surface area (Å²) >= 11 is 0. The molecule has 0 rings (SSSR count). The third-order valence-electron chi connectivity index (χ3n) is 3.17. The molecular weight excluding hydrogens is 396 g/mol. The van der Waals surface area contributed by atoms with Crippen molar-refractivity contribution in [2.45, 2.75) is 0 Å². The van der Waals surface area contributed by atoms with E-state index in [4.69, 9.17) is 45.8 Å². The normalized spacial score (nSPS) is 12.2. The second kappa shape index (κ2) is 19.4. The van der Waals surface area contributed by atoms with Crippen LogP contribution in [0.3, 0.4) is 0 Å². The van der Waals surface area contributed by atoms with Gasteiger partial charge >= 0.3 is 17.1 Å². The summed E-state index contributed by atoms with van der Waals surface area (Å²) in [6.45, 7) is 3.64. The summed E-state index contributed by atoms with van der Waals surface area (Å²) in [6.07, 6.45) is 0. The van der Waals surface area contributed by atoms with E-state index in [0.717, 1.165) is 0 Å². The van der Waals surface area contributed by atoms with Gasteiger partial charge in [0, 0.05) is 35.5 Å². The van der Waals surface area contributed by atoms with Crippen molar-refractivity contribution in [2.75, 3.05) is 102 Å². The highest BCUT2D eigenvalue weighted by Crippen LogP contribution is 2.17. The Morgan fingerprint density at radius 1 is 0.444 bits per heavy atom. The van der Waals surface area contributed by atoms with Gasteiger partial charge < -0.3 is 45.8 Å². The molecule has 0 aromatic heterocycles. The summed E-state index contributed by atoms with van der Waals surface area (Å²) in [5, 5.41) is 0. The van der Waals surface area contributed by atoms with Crippen molar-refractivity contribution in [2.24, 2.45) is 0 Å². The second-order valence-corrected chi connectivity index (χ2v) is 12.1. The lowest BCUT2D eigenvalue weighted by molar-refractivity contribution is 0.0145. The van der Waals surface area contributed by atoms with Crippen LogP contribution < -0.4 is 0 Å². The predicted octanol–water partition coefficient (Wildman–Crippen LogP) is -0.461. The van der Waals surface area contributed by atoms with Crippen LogP contribution in [-0.4, -0.2) is 119 Å². The highest BCUT2D eigenvalue weighted by molar-refractivity contribution is 7.19. The molecule has 0 saturated heterocycles. The number of ether oxygens (including phenoxy) is 5. The van der Waals surface area contributed by atoms with Gasteiger partial charge in [-0.1, -0.05) is 0 Å². The topological polar surface area (TPSA) is 92.3 Å². The zero-order valence-corrected chi connectivity index (χ0v) is 19.4. The van der Waals surface area contributed by atoms with Gasteiger partial charge in [-0.15, -0.1) is 0 Å². The van der Waals surface area contributed by atoms with E-state index in [-0.39, 0.29) is 0 Å². The standard InChI is InChI=1S/C15H36O10Si2/c1-16-6-11-21-26(22-12-7-17-2)27(23-13-8-18-3,24-14-9-19-4)25-15-10-20-5/h26H,6-15H2,1-5H3. The highest BCUT2D eigenvalue weighted by Gasteiger charge is 2.55. The van der Waals surface area contributed by atoms with Gasteiger partial charge in [0.2, 0.25) is 0 Å². The van der Waals surface area contributed by atoms with Crippen molar-refractivity contribution in [3.05, 3.63) is 0 Å². The third-order valence-corrected chi connectivity index (χ3v) is 10.9. The Morgan fingerprint density at radius 3 is 1.04 bits per heavy atom. The first-order valence-corrected chi connectivity index (χ1v) is 13.3. The van der Waals surface area contributed by atoms with Gasteiger partial charge in [0.15, 0.2) is 0 Å². The van der Waals surface area contributed by atoms with Crippen LogP contribution in [0.2, 0.25) is 0 Å². The van der Waals surface area contributed by atoms with Crippen LogP contribution in [0.25, 0.3) is 0 Å². The van der Waals surface area contributed by atoms with E-state index >= 15 is 0 Å². The lowest BCUT2D eigenvalue weighted by Gasteiger charge is -2.34. The maximum atomic E-state index is 6.08. The zero-order valence-electron chi connectivity index (χ0n) is 17.2. The maximum absolute atomic E-state index is 6.08. The SMILES string of the molecule is COCCO[SiH](OCCOC)[Si](OCCOC)(OCCOC)OCCOC. The summed E-state index contributed by atoms with van der Waals surface area (Å²) in [7, 11) is 2.19. The van der Waals surface area contributed by atoms with Crippen LogP contribution >= 0.6 is 0 Å². The largest absolute Gasteiger partial charge is 0.535 e. The van der Waals surface area contributed by atoms with Crippen LogP contribution in [0.15, 0.2) is 0 Å². The summed E-state index contributed by atoms with van der Waals surface area (Å²) < 4.78 is 55.6. The zero-order chi connectivity index (χ0) is 20.2. The fourth-order valence-electron chi connectivity index (χ4n) is 1.86. The second-order valence-electron chi connectivity index (χ2n) is 5.19. The molecule has 12 heteroatoms. The summed E-state index contributed by atoms with van der Waals surface area (Å²) in [6, 6.07) is 0. The fourth-order valence-corrected chi connectivity index (χ4v) is 8.96. The summed E-state index contributed by atoms with van der Waals surface area (Å²) in [4.78, 5) is 0. The monoisotopic (exact) mass is 432 g/mol. The Hall–Kier alpha value is 0.0338. The Balaban J connectivity index is 5.31. The molecule has 0 aliphatic rings. The van der Waals surface area contributed by atoms with Crippen molar-refractivity contribution in [3.63, 3.8) is 0 Å². The smallest absolute Gasteiger partial charge is 0.391 e. The van der Waals surface area contributed by atoms with Gasteiger partial charge in [-0.05, 0) is 0 Å². The average Bonchev–Trinajstić information content (AvgIpc) is 2.67. The number of rotatable bonds is 21. The van der Waals surface area contributed by atoms with E-state index in [1.807, 2.05) is 0 Å². The fraction of sp³-hybridized carbons (Fsp3) is 1.00. The quantitative estimate of drug-likeness (QED) is 0.175. The first-order chi connectivity index (χ1) is 13.2. The van der Waals surface area contributed by atoms with Crippen LogP contribution in [0.5, 0.6) is 0 Å². The molecule has 27 heavy (non-hydrogen) atoms. The van der Waals surface area contributed by atoms with Crippen molar-refractivity contribution in [1.29, 1.82) is 0 Å². The van der Waals surface area contributed by atoms with E-state index in [1.54, 1.807) is 35.5 Å². The number of hydrogen-bond donors (Lipinski definition) is 0. The van der Waals surface area contributed by atoms with E-state index in [1.165, 1.54) is 0 Å². The van der Waals surface area contributed by atoms with E-state index in [9.17, 15) is 0 Å². The molecule has 0 fully saturated rings. The van der Waals surface area contributed by atoms with E-state index < -0.39 is 17.1 Å². The van der Waals surface area contributed by atoms with Gasteiger partial charge in [-0.2, -0.15) is 0 Å². The Labute approximate surface area is 165 Å². The molecule has 0 aliphatic heterocycles. The Bertz CT molecular complexity index is 278. The molecule has 10 nitrogen and oxygen atoms in total. The molecule has 0 amide bonds. The third kappa shape index (κ3) is 13.0. The van der Waals surface area contributed by atoms with Crippen molar-refractivity contribution >= 4 is 17.1 Å². The lowest BCUT2D eigenvalue weighted by Crippen LogP contribution is -2.63. The minimum absolute atomic E-state index is 0.299. The van der Waals surface area contributed by atoms with E-state index in [2.05, 4.69) is 0 Å². The highest BCUT2D eigenvalue weighted by atomic mass is 29.3. The molecule has 0 bridgehead atoms. The molecule has 0 heterocycles. The van der Waals surface area contributed by atoms with Gasteiger partial charge in [-0.3, -0.25) is 0 Å². The van der Waals surface area contributed by atoms with E-state index in [0.29, 0.717) is 66.1 Å². The molecular formula is C15H36O10Si2. The molecule has 0 unspecified atom stereocenters. The minimum atomic E-state index is -3.29. The number of hydrogen-bond acceptors (Lipinski definition) is 10. The number of methoxy groups -OCH3 is 5. The van der Waals surface area contributed by atoms with Crippen molar-refractivity contribution in [1.82, 2.24) is 0 Å². The van der Waals surface area contributed by atoms with Crippen molar-refractivity contribution in [3.8, 4) is 0 Å².